The van der Waals surface area contributed by atoms with Crippen LogP contribution >= 0.6 is 12.2 Å². The number of hydrogen-bond donors (Lipinski definition) is 2. The molecule has 1 aromatic heterocycles. The van der Waals surface area contributed by atoms with Gasteiger partial charge in [-0.15, -0.1) is 0 Å². The van der Waals surface area contributed by atoms with Crippen molar-refractivity contribution in [2.45, 2.75) is 24.3 Å². The standard InChI is InChI=1S/C22H22N6O5S/c1-30-20(29)13-6-5-7-14(10-13)23-21(34)24-16-11-31-19-17(12-32-18(16)19)28-22(25-26-27-28)33-15-8-3-2-4-9-15/h2-10,16-19H,11-12H2,1H3,(H2,23,24,34). The summed E-state index contributed by atoms with van der Waals surface area (Å²) >= 11 is 5.47. The van der Waals surface area contributed by atoms with Crippen molar-refractivity contribution in [2.24, 2.45) is 0 Å². The predicted molar refractivity (Wildman–Crippen MR) is 124 cm³/mol. The predicted octanol–water partition coefficient (Wildman–Crippen LogP) is 1.95. The number of carbonyl (C=O) groups is 1. The highest BCUT2D eigenvalue weighted by Gasteiger charge is 2.50. The molecule has 2 aliphatic heterocycles. The van der Waals surface area contributed by atoms with E-state index >= 15 is 0 Å². The Morgan fingerprint density at radius 3 is 2.76 bits per heavy atom. The zero-order valence-electron chi connectivity index (χ0n) is 18.2. The number of fused-ring (bicyclic) bond motifs is 1. The van der Waals surface area contributed by atoms with E-state index in [0.29, 0.717) is 35.3 Å². The lowest BCUT2D eigenvalue weighted by Crippen LogP contribution is -2.45. The van der Waals surface area contributed by atoms with Crippen LogP contribution in [0.4, 0.5) is 5.69 Å². The molecule has 3 heterocycles. The van der Waals surface area contributed by atoms with E-state index in [0.717, 1.165) is 0 Å². The lowest BCUT2D eigenvalue weighted by Gasteiger charge is -2.20. The summed E-state index contributed by atoms with van der Waals surface area (Å²) in [5.41, 5.74) is 1.09. The van der Waals surface area contributed by atoms with Crippen LogP contribution in [0.1, 0.15) is 16.4 Å². The number of esters is 1. The van der Waals surface area contributed by atoms with Crippen molar-refractivity contribution in [3.63, 3.8) is 0 Å². The zero-order chi connectivity index (χ0) is 23.5. The number of ether oxygens (including phenoxy) is 4. The highest BCUT2D eigenvalue weighted by atomic mass is 32.1. The average Bonchev–Trinajstić information content (AvgIpc) is 3.57. The number of nitrogens with one attached hydrogen (secondary N) is 2. The highest BCUT2D eigenvalue weighted by molar-refractivity contribution is 7.80. The van der Waals surface area contributed by atoms with Crippen molar-refractivity contribution < 1.29 is 23.7 Å². The fourth-order valence-electron chi connectivity index (χ4n) is 4.04. The molecule has 2 N–H and O–H groups in total. The Hall–Kier alpha value is -3.61. The van der Waals surface area contributed by atoms with Crippen molar-refractivity contribution in [3.05, 3.63) is 60.2 Å². The lowest BCUT2D eigenvalue weighted by atomic mass is 10.1. The van der Waals surface area contributed by atoms with Crippen LogP contribution in [0.25, 0.3) is 0 Å². The summed E-state index contributed by atoms with van der Waals surface area (Å²) in [6, 6.07) is 16.0. The first-order valence-electron chi connectivity index (χ1n) is 10.6. The maximum Gasteiger partial charge on any atom is 0.341 e. The van der Waals surface area contributed by atoms with Crippen LogP contribution in [0.2, 0.25) is 0 Å². The number of hydrogen-bond acceptors (Lipinski definition) is 9. The molecule has 2 aliphatic rings. The molecule has 176 valence electrons. The first kappa shape index (κ1) is 22.2. The minimum Gasteiger partial charge on any atom is -0.465 e. The van der Waals surface area contributed by atoms with Gasteiger partial charge in [0.25, 0.3) is 0 Å². The Balaban J connectivity index is 1.22. The van der Waals surface area contributed by atoms with Gasteiger partial charge < -0.3 is 29.6 Å². The van der Waals surface area contributed by atoms with Crippen molar-refractivity contribution in [1.82, 2.24) is 25.5 Å². The Labute approximate surface area is 200 Å². The summed E-state index contributed by atoms with van der Waals surface area (Å²) in [6.45, 7) is 0.762. The van der Waals surface area contributed by atoms with Gasteiger partial charge in [-0.25, -0.2) is 4.79 Å². The molecule has 2 fully saturated rings. The van der Waals surface area contributed by atoms with Gasteiger partial charge in [0, 0.05) is 5.69 Å². The van der Waals surface area contributed by atoms with Crippen LogP contribution in [0.5, 0.6) is 11.8 Å². The number of benzene rings is 2. The van der Waals surface area contributed by atoms with Crippen LogP contribution in [-0.4, -0.2) is 69.9 Å². The molecule has 0 amide bonds. The fraction of sp³-hybridized carbons (Fsp3) is 0.318. The van der Waals surface area contributed by atoms with Gasteiger partial charge >= 0.3 is 12.0 Å². The normalized spacial score (nSPS) is 23.2. The maximum atomic E-state index is 11.8. The average molecular weight is 483 g/mol. The number of anilines is 1. The van der Waals surface area contributed by atoms with E-state index < -0.39 is 5.97 Å². The van der Waals surface area contributed by atoms with E-state index in [-0.39, 0.29) is 30.3 Å². The molecule has 12 heteroatoms. The molecule has 4 unspecified atom stereocenters. The minimum atomic E-state index is -0.418. The summed E-state index contributed by atoms with van der Waals surface area (Å²) < 4.78 is 24.3. The van der Waals surface area contributed by atoms with Crippen molar-refractivity contribution in [2.75, 3.05) is 25.6 Å². The third-order valence-electron chi connectivity index (χ3n) is 5.61. The minimum absolute atomic E-state index is 0.172. The second kappa shape index (κ2) is 9.71. The fourth-order valence-corrected chi connectivity index (χ4v) is 4.31. The molecule has 34 heavy (non-hydrogen) atoms. The van der Waals surface area contributed by atoms with Crippen molar-refractivity contribution in [1.29, 1.82) is 0 Å². The molecular weight excluding hydrogens is 460 g/mol. The smallest absolute Gasteiger partial charge is 0.341 e. The van der Waals surface area contributed by atoms with Gasteiger partial charge in [-0.1, -0.05) is 29.4 Å². The first-order chi connectivity index (χ1) is 16.6. The number of rotatable bonds is 6. The molecule has 5 rings (SSSR count). The van der Waals surface area contributed by atoms with Crippen LogP contribution in [0.15, 0.2) is 54.6 Å². The number of methoxy groups -OCH3 is 1. The number of tetrazole rings is 1. The molecule has 2 saturated heterocycles. The van der Waals surface area contributed by atoms with Gasteiger partial charge in [0.1, 0.15) is 24.0 Å². The third kappa shape index (κ3) is 4.55. The number of aromatic nitrogens is 4. The molecule has 11 nitrogen and oxygen atoms in total. The lowest BCUT2D eigenvalue weighted by molar-refractivity contribution is 0.0600. The Morgan fingerprint density at radius 2 is 1.94 bits per heavy atom. The summed E-state index contributed by atoms with van der Waals surface area (Å²) in [5, 5.41) is 18.6. The summed E-state index contributed by atoms with van der Waals surface area (Å²) in [5.74, 6) is 0.215. The molecule has 2 aromatic carbocycles. The number of thiocarbonyl (C=S) groups is 1. The van der Waals surface area contributed by atoms with Gasteiger partial charge in [0.2, 0.25) is 0 Å². The first-order valence-corrected chi connectivity index (χ1v) is 11.0. The summed E-state index contributed by atoms with van der Waals surface area (Å²) in [4.78, 5) is 11.8. The van der Waals surface area contributed by atoms with Crippen molar-refractivity contribution in [3.8, 4) is 11.8 Å². The van der Waals surface area contributed by atoms with Gasteiger partial charge in [-0.3, -0.25) is 0 Å². The van der Waals surface area contributed by atoms with Crippen LogP contribution in [0.3, 0.4) is 0 Å². The molecule has 0 aliphatic carbocycles. The van der Waals surface area contributed by atoms with Crippen LogP contribution < -0.4 is 15.4 Å². The number of para-hydroxylation sites is 1. The quantitative estimate of drug-likeness (QED) is 0.396. The van der Waals surface area contributed by atoms with E-state index in [2.05, 4.69) is 26.2 Å². The zero-order valence-corrected chi connectivity index (χ0v) is 19.0. The van der Waals surface area contributed by atoms with Crippen LogP contribution in [0, 0.1) is 0 Å². The van der Waals surface area contributed by atoms with E-state index in [1.165, 1.54) is 7.11 Å². The van der Waals surface area contributed by atoms with Crippen molar-refractivity contribution >= 4 is 29.0 Å². The molecule has 0 saturated carbocycles. The number of carbonyl (C=O) groups excluding carboxylic acids is 1. The molecule has 4 atom stereocenters. The van der Waals surface area contributed by atoms with E-state index in [4.69, 9.17) is 31.2 Å². The summed E-state index contributed by atoms with van der Waals surface area (Å²) in [6.07, 6.45) is -0.524. The molecule has 0 bridgehead atoms. The molecule has 3 aromatic rings. The van der Waals surface area contributed by atoms with Gasteiger partial charge in [0.05, 0.1) is 31.9 Å². The monoisotopic (exact) mass is 482 g/mol. The molecule has 0 radical (unpaired) electrons. The summed E-state index contributed by atoms with van der Waals surface area (Å²) in [7, 11) is 1.34. The van der Waals surface area contributed by atoms with Gasteiger partial charge in [0.15, 0.2) is 5.11 Å². The number of nitrogens with zero attached hydrogens (tertiary/aromatic N) is 4. The second-order valence-electron chi connectivity index (χ2n) is 7.76. The maximum absolute atomic E-state index is 11.8. The second-order valence-corrected chi connectivity index (χ2v) is 8.17. The molecule has 0 spiro atoms. The van der Waals surface area contributed by atoms with Gasteiger partial charge in [-0.2, -0.15) is 4.68 Å². The Morgan fingerprint density at radius 1 is 1.12 bits per heavy atom. The Bertz CT molecular complexity index is 1180. The van der Waals surface area contributed by atoms with Gasteiger partial charge in [-0.05, 0) is 53.0 Å². The SMILES string of the molecule is COC(=O)c1cccc(NC(=S)NC2COC3C2OCC3n2nnnc2Oc2ccccc2)c1. The topological polar surface area (TPSA) is 122 Å². The van der Waals surface area contributed by atoms with E-state index in [1.807, 2.05) is 36.4 Å². The largest absolute Gasteiger partial charge is 0.465 e. The Kier molecular flexibility index (Phi) is 6.34. The van der Waals surface area contributed by atoms with E-state index in [1.54, 1.807) is 22.9 Å². The van der Waals surface area contributed by atoms with E-state index in [9.17, 15) is 4.79 Å². The molecular formula is C22H22N6O5S. The van der Waals surface area contributed by atoms with Crippen LogP contribution in [-0.2, 0) is 14.2 Å². The third-order valence-corrected chi connectivity index (χ3v) is 5.83. The highest BCUT2D eigenvalue weighted by Crippen LogP contribution is 2.36.